The number of unbranched alkanes of at least 4 members (excludes halogenated alkanes) is 1. The summed E-state index contributed by atoms with van der Waals surface area (Å²) in [4.78, 5) is 6.63. The zero-order valence-electron chi connectivity index (χ0n) is 16.0. The number of benzene rings is 1. The fourth-order valence-corrected chi connectivity index (χ4v) is 2.47. The number of hydrogen-bond donors (Lipinski definition) is 2. The van der Waals surface area contributed by atoms with Gasteiger partial charge in [-0.1, -0.05) is 25.5 Å². The number of likely N-dealkylation sites (N-methyl/N-ethyl adjacent to an activating group) is 1. The van der Waals surface area contributed by atoms with E-state index in [0.29, 0.717) is 0 Å². The Morgan fingerprint density at radius 1 is 1.21 bits per heavy atom. The molecule has 0 saturated carbocycles. The molecule has 0 aliphatic heterocycles. The van der Waals surface area contributed by atoms with Gasteiger partial charge in [-0.2, -0.15) is 0 Å². The molecule has 1 aromatic rings. The maximum atomic E-state index is 5.38. The monoisotopic (exact) mass is 334 g/mol. The standard InChI is InChI=1S/C19H34N4O/c1-6-7-13-23(4)14-12-22-19(20-3)21-11-10-17-9-8-16(2)18(15-17)24-5/h8-9,15H,6-7,10-14H2,1-5H3,(H2,20,21,22). The molecule has 0 unspecified atom stereocenters. The second-order valence-corrected chi connectivity index (χ2v) is 6.14. The molecule has 2 N–H and O–H groups in total. The van der Waals surface area contributed by atoms with E-state index in [1.807, 2.05) is 7.05 Å². The van der Waals surface area contributed by atoms with E-state index in [1.165, 1.54) is 24.0 Å². The Kier molecular flexibility index (Phi) is 9.92. The van der Waals surface area contributed by atoms with Crippen LogP contribution in [-0.2, 0) is 6.42 Å². The van der Waals surface area contributed by atoms with Crippen LogP contribution in [0.1, 0.15) is 30.9 Å². The van der Waals surface area contributed by atoms with Crippen molar-refractivity contribution in [2.75, 3.05) is 47.4 Å². The van der Waals surface area contributed by atoms with E-state index in [2.05, 4.69) is 59.6 Å². The molecule has 1 rings (SSSR count). The minimum absolute atomic E-state index is 0.845. The molecule has 0 heterocycles. The van der Waals surface area contributed by atoms with Crippen LogP contribution in [0, 0.1) is 6.92 Å². The normalized spacial score (nSPS) is 11.7. The predicted octanol–water partition coefficient (Wildman–Crippen LogP) is 2.44. The molecule has 0 atom stereocenters. The highest BCUT2D eigenvalue weighted by molar-refractivity contribution is 5.79. The molecular formula is C19H34N4O. The van der Waals surface area contributed by atoms with E-state index in [1.54, 1.807) is 7.11 Å². The van der Waals surface area contributed by atoms with Gasteiger partial charge in [0.05, 0.1) is 7.11 Å². The van der Waals surface area contributed by atoms with Crippen molar-refractivity contribution < 1.29 is 4.74 Å². The molecule has 1 aromatic carbocycles. The average molecular weight is 335 g/mol. The quantitative estimate of drug-likeness (QED) is 0.510. The van der Waals surface area contributed by atoms with Gasteiger partial charge in [-0.3, -0.25) is 4.99 Å². The van der Waals surface area contributed by atoms with E-state index in [4.69, 9.17) is 4.74 Å². The molecular weight excluding hydrogens is 300 g/mol. The Morgan fingerprint density at radius 3 is 2.62 bits per heavy atom. The fourth-order valence-electron chi connectivity index (χ4n) is 2.47. The number of nitrogens with zero attached hydrogens (tertiary/aromatic N) is 2. The maximum Gasteiger partial charge on any atom is 0.191 e. The number of nitrogens with one attached hydrogen (secondary N) is 2. The summed E-state index contributed by atoms with van der Waals surface area (Å²) < 4.78 is 5.38. The Bertz CT molecular complexity index is 502. The third-order valence-corrected chi connectivity index (χ3v) is 4.08. The lowest BCUT2D eigenvalue weighted by Gasteiger charge is -2.18. The van der Waals surface area contributed by atoms with E-state index >= 15 is 0 Å². The third kappa shape index (κ3) is 7.68. The summed E-state index contributed by atoms with van der Waals surface area (Å²) in [5, 5.41) is 6.73. The van der Waals surface area contributed by atoms with Crippen molar-refractivity contribution in [3.63, 3.8) is 0 Å². The molecule has 0 aromatic heterocycles. The molecule has 24 heavy (non-hydrogen) atoms. The minimum atomic E-state index is 0.845. The number of guanidine groups is 1. The van der Waals surface area contributed by atoms with Crippen molar-refractivity contribution in [1.29, 1.82) is 0 Å². The van der Waals surface area contributed by atoms with Gasteiger partial charge in [0, 0.05) is 26.7 Å². The summed E-state index contributed by atoms with van der Waals surface area (Å²) >= 11 is 0. The highest BCUT2D eigenvalue weighted by Gasteiger charge is 2.02. The van der Waals surface area contributed by atoms with Gasteiger partial charge < -0.3 is 20.3 Å². The van der Waals surface area contributed by atoms with Gasteiger partial charge in [0.1, 0.15) is 5.75 Å². The van der Waals surface area contributed by atoms with Crippen LogP contribution < -0.4 is 15.4 Å². The lowest BCUT2D eigenvalue weighted by molar-refractivity contribution is 0.332. The van der Waals surface area contributed by atoms with Gasteiger partial charge in [-0.25, -0.2) is 0 Å². The van der Waals surface area contributed by atoms with Gasteiger partial charge in [-0.15, -0.1) is 0 Å². The number of ether oxygens (including phenoxy) is 1. The van der Waals surface area contributed by atoms with Gasteiger partial charge >= 0.3 is 0 Å². The predicted molar refractivity (Wildman–Crippen MR) is 103 cm³/mol. The first-order valence-electron chi connectivity index (χ1n) is 8.87. The van der Waals surface area contributed by atoms with E-state index < -0.39 is 0 Å². The van der Waals surface area contributed by atoms with E-state index in [9.17, 15) is 0 Å². The zero-order chi connectivity index (χ0) is 17.8. The van der Waals surface area contributed by atoms with Crippen LogP contribution in [0.15, 0.2) is 23.2 Å². The lowest BCUT2D eigenvalue weighted by Crippen LogP contribution is -2.41. The lowest BCUT2D eigenvalue weighted by atomic mass is 10.1. The molecule has 136 valence electrons. The molecule has 0 saturated heterocycles. The highest BCUT2D eigenvalue weighted by atomic mass is 16.5. The molecule has 0 aliphatic rings. The number of rotatable bonds is 10. The van der Waals surface area contributed by atoms with E-state index in [0.717, 1.165) is 44.3 Å². The number of aryl methyl sites for hydroxylation is 1. The summed E-state index contributed by atoms with van der Waals surface area (Å²) in [6.45, 7) is 8.21. The molecule has 0 fully saturated rings. The van der Waals surface area contributed by atoms with Crippen molar-refractivity contribution in [1.82, 2.24) is 15.5 Å². The molecule has 0 radical (unpaired) electrons. The second kappa shape index (κ2) is 11.7. The molecule has 0 bridgehead atoms. The molecule has 5 nitrogen and oxygen atoms in total. The van der Waals surface area contributed by atoms with Gasteiger partial charge in [0.25, 0.3) is 0 Å². The van der Waals surface area contributed by atoms with Crippen molar-refractivity contribution >= 4 is 5.96 Å². The largest absolute Gasteiger partial charge is 0.496 e. The van der Waals surface area contributed by atoms with Crippen molar-refractivity contribution in [3.8, 4) is 5.75 Å². The fraction of sp³-hybridized carbons (Fsp3) is 0.632. The van der Waals surface area contributed by atoms with Crippen LogP contribution in [-0.4, -0.2) is 58.2 Å². The van der Waals surface area contributed by atoms with Crippen LogP contribution in [0.3, 0.4) is 0 Å². The summed E-state index contributed by atoms with van der Waals surface area (Å²) in [6.07, 6.45) is 3.43. The number of hydrogen-bond acceptors (Lipinski definition) is 3. The average Bonchev–Trinajstić information content (AvgIpc) is 2.59. The van der Waals surface area contributed by atoms with Crippen LogP contribution in [0.25, 0.3) is 0 Å². The van der Waals surface area contributed by atoms with Crippen LogP contribution in [0.5, 0.6) is 5.75 Å². The smallest absolute Gasteiger partial charge is 0.191 e. The number of methoxy groups -OCH3 is 1. The molecule has 0 spiro atoms. The van der Waals surface area contributed by atoms with E-state index in [-0.39, 0.29) is 0 Å². The molecule has 0 amide bonds. The van der Waals surface area contributed by atoms with Crippen molar-refractivity contribution in [2.24, 2.45) is 4.99 Å². The molecule has 5 heteroatoms. The topological polar surface area (TPSA) is 48.9 Å². The Morgan fingerprint density at radius 2 is 1.96 bits per heavy atom. The first kappa shape index (κ1) is 20.3. The number of aliphatic imine (C=N–C) groups is 1. The Balaban J connectivity index is 2.29. The van der Waals surface area contributed by atoms with Crippen LogP contribution in [0.4, 0.5) is 0 Å². The van der Waals surface area contributed by atoms with Gasteiger partial charge in [0.2, 0.25) is 0 Å². The summed E-state index contributed by atoms with van der Waals surface area (Å²) in [5.41, 5.74) is 2.43. The van der Waals surface area contributed by atoms with Crippen LogP contribution >= 0.6 is 0 Å². The highest BCUT2D eigenvalue weighted by Crippen LogP contribution is 2.18. The Hall–Kier alpha value is -1.75. The second-order valence-electron chi connectivity index (χ2n) is 6.14. The van der Waals surface area contributed by atoms with Crippen LogP contribution in [0.2, 0.25) is 0 Å². The maximum absolute atomic E-state index is 5.38. The first-order chi connectivity index (χ1) is 11.6. The molecule has 0 aliphatic carbocycles. The summed E-state index contributed by atoms with van der Waals surface area (Å²) in [7, 11) is 5.69. The first-order valence-corrected chi connectivity index (χ1v) is 8.87. The van der Waals surface area contributed by atoms with Crippen molar-refractivity contribution in [3.05, 3.63) is 29.3 Å². The van der Waals surface area contributed by atoms with Crippen molar-refractivity contribution in [2.45, 2.75) is 33.1 Å². The summed E-state index contributed by atoms with van der Waals surface area (Å²) in [5.74, 6) is 1.81. The zero-order valence-corrected chi connectivity index (χ0v) is 16.0. The Labute approximate surface area is 147 Å². The SMILES string of the molecule is CCCCN(C)CCNC(=NC)NCCc1ccc(C)c(OC)c1. The van der Waals surface area contributed by atoms with Gasteiger partial charge in [0.15, 0.2) is 5.96 Å². The minimum Gasteiger partial charge on any atom is -0.496 e. The third-order valence-electron chi connectivity index (χ3n) is 4.08. The van der Waals surface area contributed by atoms with Gasteiger partial charge in [-0.05, 0) is 50.6 Å². The summed E-state index contributed by atoms with van der Waals surface area (Å²) in [6, 6.07) is 6.36.